The van der Waals surface area contributed by atoms with E-state index in [0.29, 0.717) is 24.0 Å². The Morgan fingerprint density at radius 1 is 0.556 bits per heavy atom. The average molecular weight is 551 g/mol. The fourth-order valence-corrected chi connectivity index (χ4v) is 3.71. The van der Waals surface area contributed by atoms with E-state index in [0.717, 1.165) is 24.5 Å². The highest BCUT2D eigenvalue weighted by Crippen LogP contribution is 2.20. The molecule has 136 valence electrons. The van der Waals surface area contributed by atoms with Crippen LogP contribution in [0.5, 0.6) is 0 Å². The van der Waals surface area contributed by atoms with Gasteiger partial charge in [0, 0.05) is 37.4 Å². The van der Waals surface area contributed by atoms with Crippen molar-refractivity contribution in [3.8, 4) is 0 Å². The van der Waals surface area contributed by atoms with Gasteiger partial charge in [-0.25, -0.2) is 0 Å². The minimum atomic E-state index is -0.0173. The van der Waals surface area contributed by atoms with E-state index >= 15 is 0 Å². The van der Waals surface area contributed by atoms with Crippen LogP contribution in [0.4, 0.5) is 0 Å². The first-order chi connectivity index (χ1) is 12.9. The molecule has 3 aromatic rings. The van der Waals surface area contributed by atoms with E-state index < -0.39 is 0 Å². The smallest absolute Gasteiger partial charge is 0.167 e. The SMILES string of the molecule is O=C(Cc1ccc(Br)cc1)c1cc(Br)cc(C(=O)Cc2ccc(Br)cc2)c1. The molecule has 0 N–H and O–H groups in total. The highest BCUT2D eigenvalue weighted by molar-refractivity contribution is 9.11. The number of carbonyl (C=O) groups is 2. The van der Waals surface area contributed by atoms with Crippen molar-refractivity contribution in [1.82, 2.24) is 0 Å². The van der Waals surface area contributed by atoms with Crippen LogP contribution in [0.25, 0.3) is 0 Å². The minimum absolute atomic E-state index is 0.0173. The van der Waals surface area contributed by atoms with Crippen molar-refractivity contribution in [2.24, 2.45) is 0 Å². The Bertz CT molecular complexity index is 900. The topological polar surface area (TPSA) is 34.1 Å². The van der Waals surface area contributed by atoms with Gasteiger partial charge < -0.3 is 0 Å². The third kappa shape index (κ3) is 5.71. The lowest BCUT2D eigenvalue weighted by Crippen LogP contribution is -2.08. The summed E-state index contributed by atoms with van der Waals surface area (Å²) in [6, 6.07) is 20.5. The number of hydrogen-bond acceptors (Lipinski definition) is 2. The van der Waals surface area contributed by atoms with Gasteiger partial charge in [0.25, 0.3) is 0 Å². The zero-order valence-corrected chi connectivity index (χ0v) is 19.0. The van der Waals surface area contributed by atoms with Crippen LogP contribution < -0.4 is 0 Å². The maximum absolute atomic E-state index is 12.7. The summed E-state index contributed by atoms with van der Waals surface area (Å²) in [6.07, 6.45) is 0.591. The molecule has 0 aliphatic rings. The highest BCUT2D eigenvalue weighted by Gasteiger charge is 2.14. The van der Waals surface area contributed by atoms with Gasteiger partial charge in [0.15, 0.2) is 11.6 Å². The zero-order valence-electron chi connectivity index (χ0n) is 14.2. The molecule has 0 amide bonds. The molecule has 5 heteroatoms. The van der Waals surface area contributed by atoms with E-state index in [4.69, 9.17) is 0 Å². The van der Waals surface area contributed by atoms with Gasteiger partial charge in [0.1, 0.15) is 0 Å². The number of hydrogen-bond donors (Lipinski definition) is 0. The second-order valence-electron chi connectivity index (χ2n) is 6.18. The minimum Gasteiger partial charge on any atom is -0.294 e. The van der Waals surface area contributed by atoms with Crippen LogP contribution in [0.15, 0.2) is 80.1 Å². The number of Topliss-reactive ketones (excluding diaryl/α,β-unsaturated/α-hetero) is 2. The van der Waals surface area contributed by atoms with Crippen LogP contribution in [0, 0.1) is 0 Å². The van der Waals surface area contributed by atoms with Crippen molar-refractivity contribution in [2.75, 3.05) is 0 Å². The van der Waals surface area contributed by atoms with Crippen LogP contribution in [-0.2, 0) is 12.8 Å². The van der Waals surface area contributed by atoms with Gasteiger partial charge in [-0.05, 0) is 53.6 Å². The van der Waals surface area contributed by atoms with E-state index in [9.17, 15) is 9.59 Å². The summed E-state index contributed by atoms with van der Waals surface area (Å²) in [5.74, 6) is -0.0346. The third-order valence-electron chi connectivity index (χ3n) is 4.10. The highest BCUT2D eigenvalue weighted by atomic mass is 79.9. The third-order valence-corrected chi connectivity index (χ3v) is 5.61. The Morgan fingerprint density at radius 2 is 0.926 bits per heavy atom. The molecule has 0 unspecified atom stereocenters. The molecule has 0 aliphatic carbocycles. The molecule has 3 aromatic carbocycles. The molecule has 3 rings (SSSR count). The Balaban J connectivity index is 1.78. The first kappa shape index (κ1) is 20.2. The van der Waals surface area contributed by atoms with Crippen molar-refractivity contribution in [1.29, 1.82) is 0 Å². The van der Waals surface area contributed by atoms with Gasteiger partial charge in [-0.1, -0.05) is 72.1 Å². The molecule has 0 heterocycles. The first-order valence-corrected chi connectivity index (χ1v) is 10.6. The second-order valence-corrected chi connectivity index (χ2v) is 8.93. The second kappa shape index (κ2) is 9.09. The molecule has 0 saturated heterocycles. The summed E-state index contributed by atoms with van der Waals surface area (Å²) in [5, 5.41) is 0. The largest absolute Gasteiger partial charge is 0.294 e. The molecule has 27 heavy (non-hydrogen) atoms. The lowest BCUT2D eigenvalue weighted by molar-refractivity contribution is 0.0992. The molecule has 2 nitrogen and oxygen atoms in total. The maximum Gasteiger partial charge on any atom is 0.167 e. The van der Waals surface area contributed by atoms with Gasteiger partial charge >= 0.3 is 0 Å². The van der Waals surface area contributed by atoms with E-state index in [-0.39, 0.29) is 11.6 Å². The standard InChI is InChI=1S/C22H15Br3O2/c23-18-5-1-14(2-6-18)9-21(26)16-11-17(13-20(25)12-16)22(27)10-15-3-7-19(24)8-4-15/h1-8,11-13H,9-10H2. The van der Waals surface area contributed by atoms with Crippen molar-refractivity contribution in [3.05, 3.63) is 102 Å². The molecule has 0 atom stereocenters. The predicted octanol–water partition coefficient (Wildman–Crippen LogP) is 6.82. The maximum atomic E-state index is 12.7. The van der Waals surface area contributed by atoms with E-state index in [1.54, 1.807) is 18.2 Å². The van der Waals surface area contributed by atoms with E-state index in [1.807, 2.05) is 48.5 Å². The lowest BCUT2D eigenvalue weighted by atomic mass is 9.98. The molecule has 0 aromatic heterocycles. The fourth-order valence-electron chi connectivity index (χ4n) is 2.69. The molecular formula is C22H15Br3O2. The van der Waals surface area contributed by atoms with Gasteiger partial charge in [0.05, 0.1) is 0 Å². The first-order valence-electron chi connectivity index (χ1n) is 8.26. The number of halogens is 3. The summed E-state index contributed by atoms with van der Waals surface area (Å²) in [4.78, 5) is 25.3. The Labute approximate surface area is 183 Å². The number of benzene rings is 3. The van der Waals surface area contributed by atoms with Crippen LogP contribution in [0.2, 0.25) is 0 Å². The van der Waals surface area contributed by atoms with Crippen molar-refractivity contribution >= 4 is 59.4 Å². The Morgan fingerprint density at radius 3 is 1.30 bits per heavy atom. The number of carbonyl (C=O) groups excluding carboxylic acids is 2. The zero-order chi connectivity index (χ0) is 19.4. The number of rotatable bonds is 6. The van der Waals surface area contributed by atoms with Gasteiger partial charge in [-0.2, -0.15) is 0 Å². The average Bonchev–Trinajstić information content (AvgIpc) is 2.65. The van der Waals surface area contributed by atoms with Crippen molar-refractivity contribution < 1.29 is 9.59 Å². The lowest BCUT2D eigenvalue weighted by Gasteiger charge is -2.07. The number of ketones is 2. The fraction of sp³-hybridized carbons (Fsp3) is 0.0909. The van der Waals surface area contributed by atoms with Crippen LogP contribution >= 0.6 is 47.8 Å². The van der Waals surface area contributed by atoms with Crippen molar-refractivity contribution in [2.45, 2.75) is 12.8 Å². The predicted molar refractivity (Wildman–Crippen MR) is 118 cm³/mol. The van der Waals surface area contributed by atoms with E-state index in [1.165, 1.54) is 0 Å². The summed E-state index contributed by atoms with van der Waals surface area (Å²) in [6.45, 7) is 0. The van der Waals surface area contributed by atoms with Crippen LogP contribution in [0.3, 0.4) is 0 Å². The molecule has 0 radical (unpaired) electrons. The van der Waals surface area contributed by atoms with Gasteiger partial charge in [0.2, 0.25) is 0 Å². The normalized spacial score (nSPS) is 10.6. The summed E-state index contributed by atoms with van der Waals surface area (Å²) < 4.78 is 2.67. The monoisotopic (exact) mass is 548 g/mol. The molecule has 0 bridgehead atoms. The van der Waals surface area contributed by atoms with E-state index in [2.05, 4.69) is 47.8 Å². The molecular weight excluding hydrogens is 536 g/mol. The molecule has 0 spiro atoms. The molecule has 0 fully saturated rings. The van der Waals surface area contributed by atoms with Crippen molar-refractivity contribution in [3.63, 3.8) is 0 Å². The molecule has 0 saturated carbocycles. The summed E-state index contributed by atoms with van der Waals surface area (Å²) in [5.41, 5.74) is 2.94. The van der Waals surface area contributed by atoms with Gasteiger partial charge in [-0.3, -0.25) is 9.59 Å². The summed E-state index contributed by atoms with van der Waals surface area (Å²) in [7, 11) is 0. The van der Waals surface area contributed by atoms with Crippen LogP contribution in [0.1, 0.15) is 31.8 Å². The Kier molecular flexibility index (Phi) is 6.79. The molecule has 0 aliphatic heterocycles. The van der Waals surface area contributed by atoms with Gasteiger partial charge in [-0.15, -0.1) is 0 Å². The Hall–Kier alpha value is -1.56. The quantitative estimate of drug-likeness (QED) is 0.315. The summed E-state index contributed by atoms with van der Waals surface area (Å²) >= 11 is 10.2. The van der Waals surface area contributed by atoms with Crippen LogP contribution in [-0.4, -0.2) is 11.6 Å².